The first kappa shape index (κ1) is 19.8. The average molecular weight is 358 g/mol. The number of anilines is 1. The van der Waals surface area contributed by atoms with Gasteiger partial charge >= 0.3 is 0 Å². The molecule has 0 unspecified atom stereocenters. The quantitative estimate of drug-likeness (QED) is 0.418. The predicted octanol–water partition coefficient (Wildman–Crippen LogP) is 1.66. The van der Waals surface area contributed by atoms with E-state index in [0.29, 0.717) is 18.0 Å². The molecule has 1 heterocycles. The second-order valence-corrected chi connectivity index (χ2v) is 6.09. The van der Waals surface area contributed by atoms with Gasteiger partial charge in [0.25, 0.3) is 5.91 Å². The van der Waals surface area contributed by atoms with Crippen LogP contribution in [0.3, 0.4) is 0 Å². The summed E-state index contributed by atoms with van der Waals surface area (Å²) in [6.07, 6.45) is 2.40. The van der Waals surface area contributed by atoms with Gasteiger partial charge in [0.2, 0.25) is 0 Å². The van der Waals surface area contributed by atoms with Crippen molar-refractivity contribution in [2.75, 3.05) is 51.8 Å². The van der Waals surface area contributed by atoms with Gasteiger partial charge in [0.05, 0.1) is 26.0 Å². The van der Waals surface area contributed by atoms with Crippen molar-refractivity contribution in [2.24, 2.45) is 0 Å². The molecule has 7 nitrogen and oxygen atoms in total. The number of aryl methyl sites for hydroxylation is 1. The molecule has 1 aliphatic rings. The maximum absolute atomic E-state index is 12.3. The highest BCUT2D eigenvalue weighted by molar-refractivity contribution is 6.07. The van der Waals surface area contributed by atoms with E-state index in [1.165, 1.54) is 13.3 Å². The largest absolute Gasteiger partial charge is 0.495 e. The minimum Gasteiger partial charge on any atom is -0.495 e. The number of methoxy groups -OCH3 is 1. The SMILES string of the molecule is COc1ccc(C)cc1NC(=O)/C(C#N)=C\NCCCN1CCOCC1. The summed E-state index contributed by atoms with van der Waals surface area (Å²) in [5.74, 6) is 0.0942. The molecule has 1 aromatic carbocycles. The van der Waals surface area contributed by atoms with Gasteiger partial charge in [-0.15, -0.1) is 0 Å². The number of benzene rings is 1. The molecule has 140 valence electrons. The molecule has 0 radical (unpaired) electrons. The van der Waals surface area contributed by atoms with E-state index in [0.717, 1.165) is 44.8 Å². The first-order chi connectivity index (χ1) is 12.6. The zero-order valence-corrected chi connectivity index (χ0v) is 15.4. The Labute approximate surface area is 154 Å². The molecule has 1 fully saturated rings. The van der Waals surface area contributed by atoms with Crippen molar-refractivity contribution in [3.63, 3.8) is 0 Å². The lowest BCUT2D eigenvalue weighted by Gasteiger charge is -2.26. The number of carbonyl (C=O) groups excluding carboxylic acids is 1. The molecule has 7 heteroatoms. The number of amides is 1. The number of nitriles is 1. The molecule has 1 amide bonds. The van der Waals surface area contributed by atoms with Crippen LogP contribution in [0.2, 0.25) is 0 Å². The zero-order chi connectivity index (χ0) is 18.8. The summed E-state index contributed by atoms with van der Waals surface area (Å²) in [5.41, 5.74) is 1.57. The highest BCUT2D eigenvalue weighted by atomic mass is 16.5. The molecule has 2 rings (SSSR count). The Morgan fingerprint density at radius 2 is 2.19 bits per heavy atom. The Kier molecular flexibility index (Phi) is 7.93. The highest BCUT2D eigenvalue weighted by Gasteiger charge is 2.13. The molecule has 0 bridgehead atoms. The molecule has 0 atom stereocenters. The number of hydrogen-bond donors (Lipinski definition) is 2. The topological polar surface area (TPSA) is 86.6 Å². The van der Waals surface area contributed by atoms with Crippen molar-refractivity contribution >= 4 is 11.6 Å². The average Bonchev–Trinajstić information content (AvgIpc) is 2.65. The molecule has 0 saturated carbocycles. The summed E-state index contributed by atoms with van der Waals surface area (Å²) < 4.78 is 10.6. The van der Waals surface area contributed by atoms with Crippen molar-refractivity contribution in [1.82, 2.24) is 10.2 Å². The monoisotopic (exact) mass is 358 g/mol. The summed E-state index contributed by atoms with van der Waals surface area (Å²) in [5, 5.41) is 15.0. The molecule has 1 aliphatic heterocycles. The van der Waals surface area contributed by atoms with E-state index in [1.807, 2.05) is 25.1 Å². The van der Waals surface area contributed by atoms with Crippen molar-refractivity contribution in [3.05, 3.63) is 35.5 Å². The maximum Gasteiger partial charge on any atom is 0.267 e. The molecular weight excluding hydrogens is 332 g/mol. The number of nitrogens with zero attached hydrogens (tertiary/aromatic N) is 2. The Hall–Kier alpha value is -2.56. The van der Waals surface area contributed by atoms with Crippen LogP contribution in [0.4, 0.5) is 5.69 Å². The number of ether oxygens (including phenoxy) is 2. The molecular formula is C19H26N4O3. The molecule has 1 saturated heterocycles. The van der Waals surface area contributed by atoms with Gasteiger partial charge in [-0.1, -0.05) is 6.07 Å². The molecule has 1 aromatic rings. The second-order valence-electron chi connectivity index (χ2n) is 6.09. The first-order valence-corrected chi connectivity index (χ1v) is 8.74. The normalized spacial score (nSPS) is 15.2. The van der Waals surface area contributed by atoms with E-state index in [2.05, 4.69) is 15.5 Å². The van der Waals surface area contributed by atoms with Gasteiger partial charge in [0.1, 0.15) is 17.4 Å². The molecule has 0 aliphatic carbocycles. The second kappa shape index (κ2) is 10.4. The smallest absolute Gasteiger partial charge is 0.267 e. The number of nitrogens with one attached hydrogen (secondary N) is 2. The third kappa shape index (κ3) is 6.06. The standard InChI is InChI=1S/C19H26N4O3/c1-15-4-5-18(25-2)17(12-15)22-19(24)16(13-20)14-21-6-3-7-23-8-10-26-11-9-23/h4-5,12,14,21H,3,6-11H2,1-2H3,(H,22,24)/b16-14-. The summed E-state index contributed by atoms with van der Waals surface area (Å²) >= 11 is 0. The van der Waals surface area contributed by atoms with Gasteiger partial charge in [-0.2, -0.15) is 5.26 Å². The van der Waals surface area contributed by atoms with E-state index in [9.17, 15) is 10.1 Å². The highest BCUT2D eigenvalue weighted by Crippen LogP contribution is 2.25. The summed E-state index contributed by atoms with van der Waals surface area (Å²) in [6.45, 7) is 7.08. The van der Waals surface area contributed by atoms with Crippen LogP contribution in [0, 0.1) is 18.3 Å². The lowest BCUT2D eigenvalue weighted by molar-refractivity contribution is -0.112. The zero-order valence-electron chi connectivity index (χ0n) is 15.4. The number of carbonyl (C=O) groups is 1. The third-order valence-electron chi connectivity index (χ3n) is 4.11. The van der Waals surface area contributed by atoms with Gasteiger partial charge < -0.3 is 20.1 Å². The fourth-order valence-electron chi connectivity index (χ4n) is 2.66. The van der Waals surface area contributed by atoms with E-state index in [4.69, 9.17) is 9.47 Å². The summed E-state index contributed by atoms with van der Waals surface area (Å²) in [4.78, 5) is 14.7. The fourth-order valence-corrected chi connectivity index (χ4v) is 2.66. The van der Waals surface area contributed by atoms with Gasteiger partial charge in [-0.3, -0.25) is 9.69 Å². The third-order valence-corrected chi connectivity index (χ3v) is 4.11. The number of rotatable bonds is 8. The van der Waals surface area contributed by atoms with Gasteiger partial charge in [0, 0.05) is 25.8 Å². The predicted molar refractivity (Wildman–Crippen MR) is 99.9 cm³/mol. The number of hydrogen-bond acceptors (Lipinski definition) is 6. The van der Waals surface area contributed by atoms with E-state index < -0.39 is 5.91 Å². The molecule has 26 heavy (non-hydrogen) atoms. The van der Waals surface area contributed by atoms with Crippen LogP contribution in [0.5, 0.6) is 5.75 Å². The molecule has 0 spiro atoms. The lowest BCUT2D eigenvalue weighted by Crippen LogP contribution is -2.37. The van der Waals surface area contributed by atoms with Crippen LogP contribution in [0.15, 0.2) is 30.0 Å². The van der Waals surface area contributed by atoms with Crippen LogP contribution >= 0.6 is 0 Å². The van der Waals surface area contributed by atoms with E-state index in [-0.39, 0.29) is 5.57 Å². The minimum atomic E-state index is -0.461. The summed E-state index contributed by atoms with van der Waals surface area (Å²) in [6, 6.07) is 7.42. The first-order valence-electron chi connectivity index (χ1n) is 8.74. The van der Waals surface area contributed by atoms with Gasteiger partial charge in [-0.05, 0) is 37.6 Å². The van der Waals surface area contributed by atoms with Crippen molar-refractivity contribution in [3.8, 4) is 11.8 Å². The minimum absolute atomic E-state index is 0.0277. The lowest BCUT2D eigenvalue weighted by atomic mass is 10.2. The van der Waals surface area contributed by atoms with E-state index in [1.54, 1.807) is 6.07 Å². The van der Waals surface area contributed by atoms with Crippen LogP contribution in [0.25, 0.3) is 0 Å². The van der Waals surface area contributed by atoms with Crippen LogP contribution in [0.1, 0.15) is 12.0 Å². The van der Waals surface area contributed by atoms with Crippen LogP contribution in [-0.2, 0) is 9.53 Å². The Balaban J connectivity index is 1.83. The Morgan fingerprint density at radius 1 is 1.42 bits per heavy atom. The summed E-state index contributed by atoms with van der Waals surface area (Å²) in [7, 11) is 1.54. The number of morpholine rings is 1. The van der Waals surface area contributed by atoms with Crippen molar-refractivity contribution in [1.29, 1.82) is 5.26 Å². The van der Waals surface area contributed by atoms with Crippen LogP contribution in [-0.4, -0.2) is 57.3 Å². The van der Waals surface area contributed by atoms with Gasteiger partial charge in [0.15, 0.2) is 0 Å². The van der Waals surface area contributed by atoms with Crippen molar-refractivity contribution in [2.45, 2.75) is 13.3 Å². The Bertz CT molecular complexity index is 676. The molecule has 2 N–H and O–H groups in total. The Morgan fingerprint density at radius 3 is 2.88 bits per heavy atom. The maximum atomic E-state index is 12.3. The van der Waals surface area contributed by atoms with E-state index >= 15 is 0 Å². The van der Waals surface area contributed by atoms with Crippen molar-refractivity contribution < 1.29 is 14.3 Å². The van der Waals surface area contributed by atoms with Gasteiger partial charge in [-0.25, -0.2) is 0 Å². The van der Waals surface area contributed by atoms with Crippen LogP contribution < -0.4 is 15.4 Å². The fraction of sp³-hybridized carbons (Fsp3) is 0.474. The molecule has 0 aromatic heterocycles.